The van der Waals surface area contributed by atoms with Crippen molar-refractivity contribution in [2.24, 2.45) is 0 Å². The minimum Gasteiger partial charge on any atom is -0.495 e. The monoisotopic (exact) mass is 224 g/mol. The highest BCUT2D eigenvalue weighted by Gasteiger charge is 2.15. The van der Waals surface area contributed by atoms with Gasteiger partial charge in [-0.15, -0.1) is 0 Å². The van der Waals surface area contributed by atoms with Crippen molar-refractivity contribution in [1.82, 2.24) is 0 Å². The molecule has 1 aliphatic heterocycles. The maximum Gasteiger partial charge on any atom is 0.143 e. The molecular formula is C11H16N2OS. The minimum atomic E-state index is 0.586. The Morgan fingerprint density at radius 2 is 2.40 bits per heavy atom. The molecule has 3 nitrogen and oxygen atoms in total. The summed E-state index contributed by atoms with van der Waals surface area (Å²) in [4.78, 5) is 0. The number of anilines is 2. The molecular weight excluding hydrogens is 208 g/mol. The zero-order chi connectivity index (χ0) is 10.7. The van der Waals surface area contributed by atoms with Gasteiger partial charge in [-0.2, -0.15) is 11.8 Å². The molecule has 1 saturated heterocycles. The number of nitrogen functional groups attached to an aromatic ring is 1. The number of hydrogen-bond donors (Lipinski definition) is 2. The predicted molar refractivity (Wildman–Crippen MR) is 66.8 cm³/mol. The van der Waals surface area contributed by atoms with Crippen molar-refractivity contribution in [2.45, 2.75) is 12.5 Å². The number of nitrogens with one attached hydrogen (secondary N) is 1. The van der Waals surface area contributed by atoms with E-state index < -0.39 is 0 Å². The smallest absolute Gasteiger partial charge is 0.143 e. The van der Waals surface area contributed by atoms with Crippen LogP contribution in [0.15, 0.2) is 18.2 Å². The fourth-order valence-electron chi connectivity index (χ4n) is 1.68. The first-order valence-electron chi connectivity index (χ1n) is 5.07. The average molecular weight is 224 g/mol. The van der Waals surface area contributed by atoms with Gasteiger partial charge in [-0.3, -0.25) is 0 Å². The van der Waals surface area contributed by atoms with Crippen LogP contribution < -0.4 is 15.8 Å². The maximum absolute atomic E-state index is 5.75. The van der Waals surface area contributed by atoms with Crippen LogP contribution in [0.4, 0.5) is 11.4 Å². The van der Waals surface area contributed by atoms with Crippen LogP contribution in [0.5, 0.6) is 5.75 Å². The zero-order valence-corrected chi connectivity index (χ0v) is 9.64. The van der Waals surface area contributed by atoms with E-state index in [0.717, 1.165) is 11.4 Å². The van der Waals surface area contributed by atoms with Gasteiger partial charge >= 0.3 is 0 Å². The van der Waals surface area contributed by atoms with Gasteiger partial charge in [0.05, 0.1) is 12.8 Å². The zero-order valence-electron chi connectivity index (χ0n) is 8.82. The molecule has 0 bridgehead atoms. The lowest BCUT2D eigenvalue weighted by molar-refractivity contribution is 0.417. The predicted octanol–water partition coefficient (Wildman–Crippen LogP) is 2.19. The maximum atomic E-state index is 5.75. The van der Waals surface area contributed by atoms with E-state index >= 15 is 0 Å². The largest absolute Gasteiger partial charge is 0.495 e. The van der Waals surface area contributed by atoms with Crippen molar-refractivity contribution in [3.63, 3.8) is 0 Å². The summed E-state index contributed by atoms with van der Waals surface area (Å²) < 4.78 is 5.18. The summed E-state index contributed by atoms with van der Waals surface area (Å²) in [5.41, 5.74) is 7.53. The van der Waals surface area contributed by atoms with Gasteiger partial charge in [0.15, 0.2) is 0 Å². The minimum absolute atomic E-state index is 0.586. The van der Waals surface area contributed by atoms with Crippen LogP contribution in [0.2, 0.25) is 0 Å². The van der Waals surface area contributed by atoms with E-state index in [1.54, 1.807) is 7.11 Å². The average Bonchev–Trinajstić information content (AvgIpc) is 2.73. The van der Waals surface area contributed by atoms with Crippen LogP contribution in [0.1, 0.15) is 6.42 Å². The van der Waals surface area contributed by atoms with Crippen molar-refractivity contribution in [3.8, 4) is 5.75 Å². The molecule has 0 aliphatic carbocycles. The number of benzene rings is 1. The molecule has 15 heavy (non-hydrogen) atoms. The molecule has 0 spiro atoms. The van der Waals surface area contributed by atoms with Crippen molar-refractivity contribution < 1.29 is 4.74 Å². The Hall–Kier alpha value is -1.03. The van der Waals surface area contributed by atoms with Crippen molar-refractivity contribution in [1.29, 1.82) is 0 Å². The van der Waals surface area contributed by atoms with Crippen LogP contribution in [-0.2, 0) is 0 Å². The third kappa shape index (κ3) is 2.50. The number of thioether (sulfide) groups is 1. The Morgan fingerprint density at radius 3 is 3.07 bits per heavy atom. The first kappa shape index (κ1) is 10.5. The Balaban J connectivity index is 2.07. The number of hydrogen-bond acceptors (Lipinski definition) is 4. The van der Waals surface area contributed by atoms with Gasteiger partial charge in [-0.25, -0.2) is 0 Å². The van der Waals surface area contributed by atoms with Gasteiger partial charge in [0, 0.05) is 23.5 Å². The lowest BCUT2D eigenvalue weighted by atomic mass is 10.2. The molecule has 0 aromatic heterocycles. The molecule has 1 fully saturated rings. The van der Waals surface area contributed by atoms with E-state index in [1.165, 1.54) is 17.9 Å². The SMILES string of the molecule is COc1cc(NC2CCSC2)ccc1N. The third-order valence-electron chi connectivity index (χ3n) is 2.53. The summed E-state index contributed by atoms with van der Waals surface area (Å²) in [7, 11) is 1.64. The molecule has 3 N–H and O–H groups in total. The topological polar surface area (TPSA) is 47.3 Å². The lowest BCUT2D eigenvalue weighted by Crippen LogP contribution is -2.17. The molecule has 1 aliphatic rings. The van der Waals surface area contributed by atoms with Gasteiger partial charge in [-0.1, -0.05) is 0 Å². The van der Waals surface area contributed by atoms with E-state index in [4.69, 9.17) is 10.5 Å². The molecule has 4 heteroatoms. The summed E-state index contributed by atoms with van der Waals surface area (Å²) in [5.74, 6) is 3.18. The molecule has 82 valence electrons. The van der Waals surface area contributed by atoms with E-state index in [9.17, 15) is 0 Å². The van der Waals surface area contributed by atoms with E-state index in [2.05, 4.69) is 5.32 Å². The fourth-order valence-corrected chi connectivity index (χ4v) is 2.84. The van der Waals surface area contributed by atoms with Crippen LogP contribution in [0.3, 0.4) is 0 Å². The van der Waals surface area contributed by atoms with E-state index in [0.29, 0.717) is 11.7 Å². The third-order valence-corrected chi connectivity index (χ3v) is 3.70. The number of rotatable bonds is 3. The van der Waals surface area contributed by atoms with Gasteiger partial charge in [0.25, 0.3) is 0 Å². The van der Waals surface area contributed by atoms with Crippen LogP contribution >= 0.6 is 11.8 Å². The highest BCUT2D eigenvalue weighted by molar-refractivity contribution is 7.99. The number of nitrogens with two attached hydrogens (primary N) is 1. The van der Waals surface area contributed by atoms with Gasteiger partial charge in [-0.05, 0) is 24.3 Å². The molecule has 2 rings (SSSR count). The van der Waals surface area contributed by atoms with E-state index in [1.807, 2.05) is 30.0 Å². The first-order chi connectivity index (χ1) is 7.29. The molecule has 0 saturated carbocycles. The quantitative estimate of drug-likeness (QED) is 0.773. The van der Waals surface area contributed by atoms with Gasteiger partial charge < -0.3 is 15.8 Å². The Bertz CT molecular complexity index is 337. The van der Waals surface area contributed by atoms with Crippen molar-refractivity contribution in [2.75, 3.05) is 29.7 Å². The second-order valence-electron chi connectivity index (χ2n) is 3.66. The molecule has 1 aromatic rings. The molecule has 0 amide bonds. The first-order valence-corrected chi connectivity index (χ1v) is 6.23. The summed E-state index contributed by atoms with van der Waals surface area (Å²) in [6, 6.07) is 6.42. The Kier molecular flexibility index (Phi) is 3.26. The van der Waals surface area contributed by atoms with E-state index in [-0.39, 0.29) is 0 Å². The molecule has 1 atom stereocenters. The second kappa shape index (κ2) is 4.66. The van der Waals surface area contributed by atoms with Crippen LogP contribution in [0, 0.1) is 0 Å². The fraction of sp³-hybridized carbons (Fsp3) is 0.455. The normalized spacial score (nSPS) is 20.2. The van der Waals surface area contributed by atoms with Crippen LogP contribution in [-0.4, -0.2) is 24.7 Å². The number of methoxy groups -OCH3 is 1. The molecule has 1 aromatic carbocycles. The summed E-state index contributed by atoms with van der Waals surface area (Å²) in [6.45, 7) is 0. The summed E-state index contributed by atoms with van der Waals surface area (Å²) >= 11 is 2.00. The molecule has 1 heterocycles. The number of ether oxygens (including phenoxy) is 1. The van der Waals surface area contributed by atoms with Gasteiger partial charge in [0.1, 0.15) is 5.75 Å². The second-order valence-corrected chi connectivity index (χ2v) is 4.81. The Morgan fingerprint density at radius 1 is 1.53 bits per heavy atom. The standard InChI is InChI=1S/C11H16N2OS/c1-14-11-6-8(2-3-10(11)12)13-9-4-5-15-7-9/h2-3,6,9,13H,4-5,7,12H2,1H3. The summed E-state index contributed by atoms with van der Waals surface area (Å²) in [6.07, 6.45) is 1.23. The highest BCUT2D eigenvalue weighted by Crippen LogP contribution is 2.27. The summed E-state index contributed by atoms with van der Waals surface area (Å²) in [5, 5.41) is 3.49. The highest BCUT2D eigenvalue weighted by atomic mass is 32.2. The van der Waals surface area contributed by atoms with Gasteiger partial charge in [0.2, 0.25) is 0 Å². The molecule has 1 unspecified atom stereocenters. The van der Waals surface area contributed by atoms with Crippen LogP contribution in [0.25, 0.3) is 0 Å². The Labute approximate surface area is 94.4 Å². The van der Waals surface area contributed by atoms with Crippen molar-refractivity contribution >= 4 is 23.1 Å². The van der Waals surface area contributed by atoms with Crippen molar-refractivity contribution in [3.05, 3.63) is 18.2 Å². The molecule has 0 radical (unpaired) electrons. The lowest BCUT2D eigenvalue weighted by Gasteiger charge is -2.14.